The molecule has 3 nitrogen and oxygen atoms in total. The average Bonchev–Trinajstić information content (AvgIpc) is 3.05. The second kappa shape index (κ2) is 6.48. The van der Waals surface area contributed by atoms with Gasteiger partial charge in [0.05, 0.1) is 15.6 Å². The Morgan fingerprint density at radius 1 is 1.09 bits per heavy atom. The molecule has 0 saturated heterocycles. The summed E-state index contributed by atoms with van der Waals surface area (Å²) < 4.78 is 0. The van der Waals surface area contributed by atoms with Gasteiger partial charge in [0.1, 0.15) is 5.01 Å². The quantitative estimate of drug-likeness (QED) is 0.691. The van der Waals surface area contributed by atoms with Crippen molar-refractivity contribution in [1.82, 2.24) is 4.98 Å². The number of benzene rings is 2. The van der Waals surface area contributed by atoms with Crippen molar-refractivity contribution in [2.75, 3.05) is 5.32 Å². The molecule has 1 amide bonds. The second-order valence-corrected chi connectivity index (χ2v) is 6.15. The molecule has 1 aromatic heterocycles. The molecule has 0 aliphatic heterocycles. The molecular formula is C16H10Cl2N2OS. The molecule has 3 rings (SSSR count). The Morgan fingerprint density at radius 3 is 2.55 bits per heavy atom. The molecule has 0 spiro atoms. The molecule has 2 aromatic carbocycles. The molecule has 3 aromatic rings. The molecule has 0 saturated carbocycles. The molecule has 6 heteroatoms. The maximum Gasteiger partial charge on any atom is 0.257 e. The first-order valence-electron chi connectivity index (χ1n) is 6.40. The fraction of sp³-hybridized carbons (Fsp3) is 0. The number of amides is 1. The van der Waals surface area contributed by atoms with Crippen LogP contribution in [-0.4, -0.2) is 10.9 Å². The third-order valence-corrected chi connectivity index (χ3v) is 4.66. The van der Waals surface area contributed by atoms with E-state index in [-0.39, 0.29) is 10.9 Å². The largest absolute Gasteiger partial charge is 0.322 e. The van der Waals surface area contributed by atoms with Gasteiger partial charge in [0.15, 0.2) is 0 Å². The van der Waals surface area contributed by atoms with Gasteiger partial charge in [-0.15, -0.1) is 11.3 Å². The van der Waals surface area contributed by atoms with E-state index in [1.54, 1.807) is 35.7 Å². The Morgan fingerprint density at radius 2 is 1.86 bits per heavy atom. The molecule has 0 aliphatic rings. The maximum atomic E-state index is 12.2. The van der Waals surface area contributed by atoms with Crippen LogP contribution in [0.25, 0.3) is 10.6 Å². The summed E-state index contributed by atoms with van der Waals surface area (Å²) in [6, 6.07) is 12.4. The van der Waals surface area contributed by atoms with Gasteiger partial charge in [-0.1, -0.05) is 29.3 Å². The molecular weight excluding hydrogens is 339 g/mol. The number of nitrogens with one attached hydrogen (secondary N) is 1. The molecule has 1 heterocycles. The number of anilines is 1. The van der Waals surface area contributed by atoms with Gasteiger partial charge in [0.2, 0.25) is 0 Å². The van der Waals surface area contributed by atoms with Gasteiger partial charge in [-0.3, -0.25) is 4.79 Å². The van der Waals surface area contributed by atoms with Crippen molar-refractivity contribution in [3.05, 3.63) is 69.7 Å². The normalized spacial score (nSPS) is 10.5. The van der Waals surface area contributed by atoms with Crippen LogP contribution in [-0.2, 0) is 0 Å². The zero-order valence-corrected chi connectivity index (χ0v) is 13.5. The van der Waals surface area contributed by atoms with Gasteiger partial charge in [-0.2, -0.15) is 0 Å². The van der Waals surface area contributed by atoms with E-state index in [9.17, 15) is 4.79 Å². The Bertz CT molecular complexity index is 802. The summed E-state index contributed by atoms with van der Waals surface area (Å²) in [5.41, 5.74) is 2.04. The van der Waals surface area contributed by atoms with E-state index in [4.69, 9.17) is 23.2 Å². The Balaban J connectivity index is 1.78. The number of carbonyl (C=O) groups excluding carboxylic acids is 1. The number of nitrogens with zero attached hydrogens (tertiary/aromatic N) is 1. The summed E-state index contributed by atoms with van der Waals surface area (Å²) in [4.78, 5) is 16.5. The molecule has 0 bridgehead atoms. The molecule has 0 fully saturated rings. The molecule has 0 unspecified atom stereocenters. The lowest BCUT2D eigenvalue weighted by atomic mass is 10.2. The van der Waals surface area contributed by atoms with Crippen molar-refractivity contribution < 1.29 is 4.79 Å². The molecule has 0 atom stereocenters. The van der Waals surface area contributed by atoms with E-state index >= 15 is 0 Å². The summed E-state index contributed by atoms with van der Waals surface area (Å²) in [5.74, 6) is -0.297. The Kier molecular flexibility index (Phi) is 4.43. The fourth-order valence-electron chi connectivity index (χ4n) is 1.94. The lowest BCUT2D eigenvalue weighted by Gasteiger charge is -2.08. The van der Waals surface area contributed by atoms with Crippen LogP contribution in [0.15, 0.2) is 54.0 Å². The summed E-state index contributed by atoms with van der Waals surface area (Å²) in [6.45, 7) is 0. The van der Waals surface area contributed by atoms with Gasteiger partial charge in [0.25, 0.3) is 5.91 Å². The number of carbonyl (C=O) groups is 1. The highest BCUT2D eigenvalue weighted by Gasteiger charge is 2.12. The van der Waals surface area contributed by atoms with Crippen molar-refractivity contribution in [2.24, 2.45) is 0 Å². The van der Waals surface area contributed by atoms with Crippen LogP contribution in [0.4, 0.5) is 5.69 Å². The Labute approximate surface area is 141 Å². The summed E-state index contributed by atoms with van der Waals surface area (Å²) in [6.07, 6.45) is 1.76. The standard InChI is InChI=1S/C16H10Cl2N2OS/c17-13-3-1-2-12(14(13)18)15(21)20-11-6-4-10(5-7-11)16-19-8-9-22-16/h1-9H,(H,20,21). The molecule has 110 valence electrons. The second-order valence-electron chi connectivity index (χ2n) is 4.47. The minimum absolute atomic E-state index is 0.251. The lowest BCUT2D eigenvalue weighted by molar-refractivity contribution is 0.102. The van der Waals surface area contributed by atoms with Crippen molar-refractivity contribution in [3.63, 3.8) is 0 Å². The maximum absolute atomic E-state index is 12.2. The van der Waals surface area contributed by atoms with E-state index in [0.717, 1.165) is 10.6 Å². The molecule has 0 radical (unpaired) electrons. The highest BCUT2D eigenvalue weighted by atomic mass is 35.5. The Hall–Kier alpha value is -1.88. The number of aromatic nitrogens is 1. The predicted octanol–water partition coefficient (Wildman–Crippen LogP) is 5.37. The molecule has 22 heavy (non-hydrogen) atoms. The van der Waals surface area contributed by atoms with Gasteiger partial charge in [-0.25, -0.2) is 4.98 Å². The first kappa shape index (κ1) is 15.0. The van der Waals surface area contributed by atoms with Crippen LogP contribution in [0, 0.1) is 0 Å². The van der Waals surface area contributed by atoms with Crippen LogP contribution < -0.4 is 5.32 Å². The monoisotopic (exact) mass is 348 g/mol. The summed E-state index contributed by atoms with van der Waals surface area (Å²) in [7, 11) is 0. The van der Waals surface area contributed by atoms with Crippen molar-refractivity contribution in [3.8, 4) is 10.6 Å². The zero-order chi connectivity index (χ0) is 15.5. The van der Waals surface area contributed by atoms with Crippen LogP contribution in [0.2, 0.25) is 10.0 Å². The van der Waals surface area contributed by atoms with Crippen molar-refractivity contribution in [2.45, 2.75) is 0 Å². The van der Waals surface area contributed by atoms with Crippen molar-refractivity contribution in [1.29, 1.82) is 0 Å². The number of hydrogen-bond donors (Lipinski definition) is 1. The average molecular weight is 349 g/mol. The van der Waals surface area contributed by atoms with Gasteiger partial charge < -0.3 is 5.32 Å². The fourth-order valence-corrected chi connectivity index (χ4v) is 2.97. The van der Waals surface area contributed by atoms with E-state index in [0.29, 0.717) is 16.3 Å². The lowest BCUT2D eigenvalue weighted by Crippen LogP contribution is -2.12. The van der Waals surface area contributed by atoms with Gasteiger partial charge in [-0.05, 0) is 36.4 Å². The first-order valence-corrected chi connectivity index (χ1v) is 8.04. The third-order valence-electron chi connectivity index (χ3n) is 3.02. The number of thiazole rings is 1. The summed E-state index contributed by atoms with van der Waals surface area (Å²) >= 11 is 13.5. The van der Waals surface area contributed by atoms with Gasteiger partial charge >= 0.3 is 0 Å². The van der Waals surface area contributed by atoms with Crippen LogP contribution >= 0.6 is 34.5 Å². The minimum atomic E-state index is -0.297. The first-order chi connectivity index (χ1) is 10.6. The predicted molar refractivity (Wildman–Crippen MR) is 92.0 cm³/mol. The third kappa shape index (κ3) is 3.14. The smallest absolute Gasteiger partial charge is 0.257 e. The van der Waals surface area contributed by atoms with Crippen LogP contribution in [0.5, 0.6) is 0 Å². The van der Waals surface area contributed by atoms with Gasteiger partial charge in [0, 0.05) is 22.8 Å². The van der Waals surface area contributed by atoms with Crippen LogP contribution in [0.1, 0.15) is 10.4 Å². The molecule has 1 N–H and O–H groups in total. The number of hydrogen-bond acceptors (Lipinski definition) is 3. The zero-order valence-electron chi connectivity index (χ0n) is 11.2. The highest BCUT2D eigenvalue weighted by molar-refractivity contribution is 7.13. The van der Waals surface area contributed by atoms with E-state index in [1.165, 1.54) is 0 Å². The van der Waals surface area contributed by atoms with Crippen LogP contribution in [0.3, 0.4) is 0 Å². The van der Waals surface area contributed by atoms with Crippen molar-refractivity contribution >= 4 is 46.1 Å². The highest BCUT2D eigenvalue weighted by Crippen LogP contribution is 2.27. The number of rotatable bonds is 3. The topological polar surface area (TPSA) is 42.0 Å². The SMILES string of the molecule is O=C(Nc1ccc(-c2nccs2)cc1)c1cccc(Cl)c1Cl. The number of halogens is 2. The van der Waals surface area contributed by atoms with E-state index < -0.39 is 0 Å². The summed E-state index contributed by atoms with van der Waals surface area (Å²) in [5, 5.41) is 6.27. The van der Waals surface area contributed by atoms with E-state index in [1.807, 2.05) is 29.6 Å². The molecule has 0 aliphatic carbocycles. The minimum Gasteiger partial charge on any atom is -0.322 e. The van der Waals surface area contributed by atoms with E-state index in [2.05, 4.69) is 10.3 Å².